The van der Waals surface area contributed by atoms with Crippen molar-refractivity contribution in [1.82, 2.24) is 4.57 Å². The summed E-state index contributed by atoms with van der Waals surface area (Å²) in [7, 11) is 0. The van der Waals surface area contributed by atoms with Crippen LogP contribution in [0.5, 0.6) is 0 Å². The monoisotopic (exact) mass is 265 g/mol. The van der Waals surface area contributed by atoms with E-state index in [2.05, 4.69) is 41.7 Å². The normalized spacial score (nSPS) is 11.1. The zero-order chi connectivity index (χ0) is 13.8. The molecule has 0 aromatic carbocycles. The van der Waals surface area contributed by atoms with E-state index in [1.165, 1.54) is 77.3 Å². The van der Waals surface area contributed by atoms with Crippen molar-refractivity contribution in [3.05, 3.63) is 18.7 Å². The highest BCUT2D eigenvalue weighted by atomic mass is 15.1. The third-order valence-electron chi connectivity index (χ3n) is 3.79. The molecule has 0 radical (unpaired) electrons. The molecule has 0 fully saturated rings. The molecule has 0 aliphatic heterocycles. The van der Waals surface area contributed by atoms with Crippen LogP contribution in [0.4, 0.5) is 0 Å². The van der Waals surface area contributed by atoms with Crippen LogP contribution in [-0.4, -0.2) is 4.57 Å². The van der Waals surface area contributed by atoms with Crippen molar-refractivity contribution in [3.8, 4) is 0 Å². The van der Waals surface area contributed by atoms with Gasteiger partial charge in [0.05, 0.1) is 13.1 Å². The minimum absolute atomic E-state index is 1.19. The standard InChI is InChI=1S/C17H33N2/c1-3-5-7-9-11-13-18-15-16-19(17-18)14-12-10-8-6-4-2/h15-17H,3-14H2,1-2H3/q+1. The summed E-state index contributed by atoms with van der Waals surface area (Å²) < 4.78 is 4.69. The van der Waals surface area contributed by atoms with Crippen LogP contribution in [0, 0.1) is 0 Å². The lowest BCUT2D eigenvalue weighted by Gasteiger charge is -1.98. The molecular formula is C17H33N2+. The molecule has 2 heteroatoms. The van der Waals surface area contributed by atoms with E-state index in [0.717, 1.165) is 0 Å². The van der Waals surface area contributed by atoms with Crippen molar-refractivity contribution in [2.24, 2.45) is 0 Å². The summed E-state index contributed by atoms with van der Waals surface area (Å²) in [5, 5.41) is 0. The lowest BCUT2D eigenvalue weighted by Crippen LogP contribution is -2.30. The number of unbranched alkanes of at least 4 members (excludes halogenated alkanes) is 8. The van der Waals surface area contributed by atoms with E-state index >= 15 is 0 Å². The smallest absolute Gasteiger partial charge is 0.237 e. The topological polar surface area (TPSA) is 8.81 Å². The van der Waals surface area contributed by atoms with E-state index in [4.69, 9.17) is 0 Å². The Morgan fingerprint density at radius 3 is 2.11 bits per heavy atom. The molecule has 1 aromatic rings. The molecule has 1 heterocycles. The first-order valence-electron chi connectivity index (χ1n) is 8.41. The average molecular weight is 265 g/mol. The van der Waals surface area contributed by atoms with Gasteiger partial charge in [-0.3, -0.25) is 0 Å². The van der Waals surface area contributed by atoms with Gasteiger partial charge in [-0.15, -0.1) is 0 Å². The Morgan fingerprint density at radius 2 is 1.42 bits per heavy atom. The lowest BCUT2D eigenvalue weighted by molar-refractivity contribution is -0.696. The predicted octanol–water partition coefficient (Wildman–Crippen LogP) is 4.72. The molecule has 0 saturated carbocycles. The maximum atomic E-state index is 2.35. The Morgan fingerprint density at radius 1 is 0.789 bits per heavy atom. The molecule has 0 aliphatic carbocycles. The van der Waals surface area contributed by atoms with E-state index < -0.39 is 0 Å². The van der Waals surface area contributed by atoms with E-state index in [1.54, 1.807) is 0 Å². The molecule has 0 amide bonds. The van der Waals surface area contributed by atoms with Crippen molar-refractivity contribution in [1.29, 1.82) is 0 Å². The molecule has 0 spiro atoms. The molecule has 0 saturated heterocycles. The van der Waals surface area contributed by atoms with Gasteiger partial charge in [-0.05, 0) is 25.7 Å². The van der Waals surface area contributed by atoms with Crippen LogP contribution in [0.1, 0.15) is 78.1 Å². The number of rotatable bonds is 12. The Balaban J connectivity index is 2.07. The molecule has 0 aliphatic rings. The maximum Gasteiger partial charge on any atom is 0.243 e. The zero-order valence-corrected chi connectivity index (χ0v) is 13.1. The van der Waals surface area contributed by atoms with Gasteiger partial charge in [0.15, 0.2) is 0 Å². The minimum Gasteiger partial charge on any atom is -0.237 e. The summed E-state index contributed by atoms with van der Waals surface area (Å²) in [6.07, 6.45) is 20.4. The first-order chi connectivity index (χ1) is 9.36. The van der Waals surface area contributed by atoms with Gasteiger partial charge in [0.1, 0.15) is 12.4 Å². The van der Waals surface area contributed by atoms with Gasteiger partial charge < -0.3 is 0 Å². The fourth-order valence-corrected chi connectivity index (χ4v) is 2.50. The molecule has 110 valence electrons. The number of hydrogen-bond donors (Lipinski definition) is 0. The van der Waals surface area contributed by atoms with Gasteiger partial charge in [-0.1, -0.05) is 52.4 Å². The van der Waals surface area contributed by atoms with Gasteiger partial charge >= 0.3 is 0 Å². The number of aryl methyl sites for hydroxylation is 2. The fourth-order valence-electron chi connectivity index (χ4n) is 2.50. The number of nitrogens with zero attached hydrogens (tertiary/aromatic N) is 2. The van der Waals surface area contributed by atoms with E-state index in [0.29, 0.717) is 0 Å². The van der Waals surface area contributed by atoms with Gasteiger partial charge in [0.2, 0.25) is 6.33 Å². The number of imidazole rings is 1. The Bertz CT molecular complexity index is 275. The van der Waals surface area contributed by atoms with Crippen molar-refractivity contribution in [3.63, 3.8) is 0 Å². The second kappa shape index (κ2) is 11.1. The largest absolute Gasteiger partial charge is 0.243 e. The van der Waals surface area contributed by atoms with Gasteiger partial charge in [-0.2, -0.15) is 0 Å². The lowest BCUT2D eigenvalue weighted by atomic mass is 10.1. The molecule has 19 heavy (non-hydrogen) atoms. The van der Waals surface area contributed by atoms with E-state index in [-0.39, 0.29) is 0 Å². The maximum absolute atomic E-state index is 2.35. The predicted molar refractivity (Wildman–Crippen MR) is 82.1 cm³/mol. The van der Waals surface area contributed by atoms with Crippen molar-refractivity contribution >= 4 is 0 Å². The van der Waals surface area contributed by atoms with Crippen LogP contribution in [0.2, 0.25) is 0 Å². The molecule has 2 nitrogen and oxygen atoms in total. The molecule has 1 aromatic heterocycles. The average Bonchev–Trinajstić information content (AvgIpc) is 2.86. The van der Waals surface area contributed by atoms with Crippen LogP contribution in [0.3, 0.4) is 0 Å². The SMILES string of the molecule is CCCCCCCn1cc[n+](CCCCCCC)c1. The Labute approximate surface area is 119 Å². The van der Waals surface area contributed by atoms with Crippen molar-refractivity contribution < 1.29 is 4.57 Å². The van der Waals surface area contributed by atoms with Gasteiger partial charge in [-0.25, -0.2) is 9.13 Å². The molecule has 0 bridgehead atoms. The third-order valence-corrected chi connectivity index (χ3v) is 3.79. The number of aromatic nitrogens is 2. The van der Waals surface area contributed by atoms with E-state index in [1.807, 2.05) is 0 Å². The first kappa shape index (κ1) is 16.3. The highest BCUT2D eigenvalue weighted by Gasteiger charge is 2.03. The quantitative estimate of drug-likeness (QED) is 0.382. The summed E-state index contributed by atoms with van der Waals surface area (Å²) in [4.78, 5) is 0. The highest BCUT2D eigenvalue weighted by molar-refractivity contribution is 4.66. The minimum atomic E-state index is 1.19. The second-order valence-electron chi connectivity index (χ2n) is 5.72. The third kappa shape index (κ3) is 8.07. The van der Waals surface area contributed by atoms with Crippen LogP contribution >= 0.6 is 0 Å². The van der Waals surface area contributed by atoms with Crippen molar-refractivity contribution in [2.45, 2.75) is 91.1 Å². The zero-order valence-electron chi connectivity index (χ0n) is 13.1. The number of hydrogen-bond acceptors (Lipinski definition) is 0. The molecule has 0 unspecified atom stereocenters. The Kier molecular flexibility index (Phi) is 9.48. The van der Waals surface area contributed by atoms with Crippen LogP contribution < -0.4 is 4.57 Å². The molecule has 0 N–H and O–H groups in total. The van der Waals surface area contributed by atoms with Crippen molar-refractivity contribution in [2.75, 3.05) is 0 Å². The fraction of sp³-hybridized carbons (Fsp3) is 0.824. The molecular weight excluding hydrogens is 232 g/mol. The summed E-state index contributed by atoms with van der Waals surface area (Å²) >= 11 is 0. The molecule has 0 atom stereocenters. The second-order valence-corrected chi connectivity index (χ2v) is 5.72. The first-order valence-corrected chi connectivity index (χ1v) is 8.41. The molecule has 1 rings (SSSR count). The summed E-state index contributed by atoms with van der Waals surface area (Å²) in [6, 6.07) is 0. The van der Waals surface area contributed by atoms with Gasteiger partial charge in [0, 0.05) is 0 Å². The van der Waals surface area contributed by atoms with Crippen LogP contribution in [0.25, 0.3) is 0 Å². The summed E-state index contributed by atoms with van der Waals surface area (Å²) in [5.41, 5.74) is 0. The Hall–Kier alpha value is -0.790. The summed E-state index contributed by atoms with van der Waals surface area (Å²) in [5.74, 6) is 0. The highest BCUT2D eigenvalue weighted by Crippen LogP contribution is 2.04. The van der Waals surface area contributed by atoms with Crippen LogP contribution in [-0.2, 0) is 13.1 Å². The van der Waals surface area contributed by atoms with E-state index in [9.17, 15) is 0 Å². The van der Waals surface area contributed by atoms with Crippen LogP contribution in [0.15, 0.2) is 18.7 Å². The summed E-state index contributed by atoms with van der Waals surface area (Å²) in [6.45, 7) is 6.92. The van der Waals surface area contributed by atoms with Gasteiger partial charge in [0.25, 0.3) is 0 Å².